The molecule has 0 radical (unpaired) electrons. The molecule has 3 N–H and O–H groups in total. The third-order valence-corrected chi connectivity index (χ3v) is 2.64. The fourth-order valence-corrected chi connectivity index (χ4v) is 1.46. The average Bonchev–Trinajstić information content (AvgIpc) is 2.10. The lowest BCUT2D eigenvalue weighted by Crippen LogP contribution is -2.44. The molecule has 0 heterocycles. The van der Waals surface area contributed by atoms with Gasteiger partial charge in [0.2, 0.25) is 0 Å². The van der Waals surface area contributed by atoms with E-state index in [9.17, 15) is 8.42 Å². The zero-order chi connectivity index (χ0) is 11.2. The number of unbranched alkanes of at least 4 members (excludes halogenated alkanes) is 1. The molecule has 0 fully saturated rings. The molecule has 86 valence electrons. The molecule has 0 aliphatic rings. The van der Waals surface area contributed by atoms with E-state index in [4.69, 9.17) is 10.3 Å². The quantitative estimate of drug-likeness (QED) is 0.633. The van der Waals surface area contributed by atoms with Crippen molar-refractivity contribution in [1.82, 2.24) is 0 Å². The summed E-state index contributed by atoms with van der Waals surface area (Å²) in [6.45, 7) is 3.73. The minimum Gasteiger partial charge on any atom is -0.323 e. The smallest absolute Gasteiger partial charge is 0.323 e. The molecule has 0 aromatic rings. The molecule has 0 rings (SSSR count). The summed E-state index contributed by atoms with van der Waals surface area (Å²) in [5.41, 5.74) is 5.23. The van der Waals surface area contributed by atoms with Crippen LogP contribution in [0, 0.1) is 0 Å². The maximum atomic E-state index is 10.3. The highest BCUT2D eigenvalue weighted by Gasteiger charge is 2.24. The van der Waals surface area contributed by atoms with Gasteiger partial charge >= 0.3 is 10.4 Å². The minimum absolute atomic E-state index is 0.164. The van der Waals surface area contributed by atoms with Crippen LogP contribution in [0.4, 0.5) is 0 Å². The normalized spacial score (nSPS) is 16.6. The Morgan fingerprint density at radius 3 is 2.36 bits per heavy atom. The number of nitrogens with two attached hydrogens (primary N) is 1. The summed E-state index contributed by atoms with van der Waals surface area (Å²) < 4.78 is 33.4. The van der Waals surface area contributed by atoms with E-state index < -0.39 is 15.9 Å². The molecule has 0 bridgehead atoms. The summed E-state index contributed by atoms with van der Waals surface area (Å²) in [5.74, 6) is 0. The lowest BCUT2D eigenvalue weighted by molar-refractivity contribution is 0.184. The molecule has 0 saturated heterocycles. The fourth-order valence-electron chi connectivity index (χ4n) is 1.07. The van der Waals surface area contributed by atoms with Gasteiger partial charge in [-0.15, -0.1) is 0 Å². The first-order valence-electron chi connectivity index (χ1n) is 4.73. The van der Waals surface area contributed by atoms with Gasteiger partial charge in [-0.3, -0.25) is 4.55 Å². The van der Waals surface area contributed by atoms with Crippen molar-refractivity contribution in [3.63, 3.8) is 0 Å². The molecule has 0 aromatic heterocycles. The molecule has 0 aromatic carbocycles. The van der Waals surface area contributed by atoms with E-state index in [1.165, 1.54) is 0 Å². The Morgan fingerprint density at radius 2 is 2.00 bits per heavy atom. The SMILES string of the molecule is CCCC[C@](N)(CC)COS(=O)(=O)O. The van der Waals surface area contributed by atoms with Crippen LogP contribution in [0.5, 0.6) is 0 Å². The largest absolute Gasteiger partial charge is 0.397 e. The Hall–Kier alpha value is -0.170. The van der Waals surface area contributed by atoms with Crippen molar-refractivity contribution < 1.29 is 17.2 Å². The summed E-state index contributed by atoms with van der Waals surface area (Å²) in [7, 11) is -4.37. The molecule has 6 heteroatoms. The molecule has 0 aliphatic carbocycles. The topological polar surface area (TPSA) is 89.6 Å². The monoisotopic (exact) mass is 225 g/mol. The highest BCUT2D eigenvalue weighted by atomic mass is 32.3. The number of rotatable bonds is 7. The van der Waals surface area contributed by atoms with Gasteiger partial charge in [0.05, 0.1) is 6.61 Å². The summed E-state index contributed by atoms with van der Waals surface area (Å²) in [6, 6.07) is 0. The molecule has 0 amide bonds. The second kappa shape index (κ2) is 5.65. The average molecular weight is 225 g/mol. The van der Waals surface area contributed by atoms with Crippen molar-refractivity contribution in [3.05, 3.63) is 0 Å². The van der Waals surface area contributed by atoms with E-state index in [0.717, 1.165) is 12.8 Å². The Morgan fingerprint density at radius 1 is 1.43 bits per heavy atom. The summed E-state index contributed by atoms with van der Waals surface area (Å²) in [4.78, 5) is 0. The van der Waals surface area contributed by atoms with E-state index in [-0.39, 0.29) is 6.61 Å². The lowest BCUT2D eigenvalue weighted by atomic mass is 9.92. The maximum absolute atomic E-state index is 10.3. The molecule has 0 unspecified atom stereocenters. The summed E-state index contributed by atoms with van der Waals surface area (Å²) in [6.07, 6.45) is 3.21. The van der Waals surface area contributed by atoms with E-state index in [2.05, 4.69) is 4.18 Å². The molecular weight excluding hydrogens is 206 g/mol. The van der Waals surface area contributed by atoms with Crippen LogP contribution in [0.3, 0.4) is 0 Å². The zero-order valence-corrected chi connectivity index (χ0v) is 9.51. The summed E-state index contributed by atoms with van der Waals surface area (Å²) in [5, 5.41) is 0. The predicted octanol–water partition coefficient (Wildman–Crippen LogP) is 1.10. The highest BCUT2D eigenvalue weighted by Crippen LogP contribution is 2.16. The van der Waals surface area contributed by atoms with Gasteiger partial charge < -0.3 is 5.73 Å². The summed E-state index contributed by atoms with van der Waals surface area (Å²) >= 11 is 0. The van der Waals surface area contributed by atoms with Gasteiger partial charge in [-0.2, -0.15) is 8.42 Å². The van der Waals surface area contributed by atoms with Crippen LogP contribution >= 0.6 is 0 Å². The second-order valence-electron chi connectivity index (χ2n) is 3.51. The molecular formula is C8H19NO4S. The molecule has 1 atom stereocenters. The Balaban J connectivity index is 4.12. The molecule has 0 saturated carbocycles. The Kier molecular flexibility index (Phi) is 5.58. The molecule has 0 aliphatic heterocycles. The van der Waals surface area contributed by atoms with E-state index >= 15 is 0 Å². The first kappa shape index (κ1) is 13.8. The van der Waals surface area contributed by atoms with Gasteiger partial charge in [0.15, 0.2) is 0 Å². The van der Waals surface area contributed by atoms with Gasteiger partial charge in [0.1, 0.15) is 0 Å². The minimum atomic E-state index is -4.37. The van der Waals surface area contributed by atoms with Crippen molar-refractivity contribution in [2.75, 3.05) is 6.61 Å². The van der Waals surface area contributed by atoms with Crippen LogP contribution in [0.2, 0.25) is 0 Å². The Labute approximate surface area is 85.6 Å². The van der Waals surface area contributed by atoms with Crippen molar-refractivity contribution >= 4 is 10.4 Å². The van der Waals surface area contributed by atoms with Crippen LogP contribution in [0.15, 0.2) is 0 Å². The Bertz CT molecular complexity index is 252. The first-order valence-corrected chi connectivity index (χ1v) is 6.10. The van der Waals surface area contributed by atoms with Gasteiger partial charge in [0, 0.05) is 5.54 Å². The van der Waals surface area contributed by atoms with Gasteiger partial charge in [0.25, 0.3) is 0 Å². The lowest BCUT2D eigenvalue weighted by Gasteiger charge is -2.26. The van der Waals surface area contributed by atoms with Crippen LogP contribution in [0.1, 0.15) is 39.5 Å². The van der Waals surface area contributed by atoms with Crippen molar-refractivity contribution in [2.45, 2.75) is 45.1 Å². The van der Waals surface area contributed by atoms with Gasteiger partial charge in [-0.1, -0.05) is 26.7 Å². The van der Waals surface area contributed by atoms with E-state index in [1.54, 1.807) is 0 Å². The first-order chi connectivity index (χ1) is 6.33. The molecule has 0 spiro atoms. The standard InChI is InChI=1S/C8H19NO4S/c1-3-5-6-8(9,4-2)7-13-14(10,11)12/h3-7,9H2,1-2H3,(H,10,11,12)/t8-/m1/s1. The number of hydrogen-bond acceptors (Lipinski definition) is 4. The maximum Gasteiger partial charge on any atom is 0.397 e. The molecule has 14 heavy (non-hydrogen) atoms. The number of hydrogen-bond donors (Lipinski definition) is 2. The van der Waals surface area contributed by atoms with Crippen LogP contribution < -0.4 is 5.73 Å². The van der Waals surface area contributed by atoms with Crippen molar-refractivity contribution in [3.8, 4) is 0 Å². The second-order valence-corrected chi connectivity index (χ2v) is 4.60. The zero-order valence-electron chi connectivity index (χ0n) is 8.69. The third kappa shape index (κ3) is 6.31. The van der Waals surface area contributed by atoms with Crippen LogP contribution in [0.25, 0.3) is 0 Å². The van der Waals surface area contributed by atoms with Crippen molar-refractivity contribution in [2.24, 2.45) is 5.73 Å². The predicted molar refractivity (Wildman–Crippen MR) is 54.2 cm³/mol. The van der Waals surface area contributed by atoms with E-state index in [1.807, 2.05) is 13.8 Å². The van der Waals surface area contributed by atoms with Crippen LogP contribution in [-0.4, -0.2) is 25.1 Å². The van der Waals surface area contributed by atoms with Crippen LogP contribution in [-0.2, 0) is 14.6 Å². The van der Waals surface area contributed by atoms with E-state index in [0.29, 0.717) is 12.8 Å². The van der Waals surface area contributed by atoms with Gasteiger partial charge in [-0.05, 0) is 12.8 Å². The van der Waals surface area contributed by atoms with Gasteiger partial charge in [-0.25, -0.2) is 4.18 Å². The third-order valence-electron chi connectivity index (χ3n) is 2.23. The fraction of sp³-hybridized carbons (Fsp3) is 1.00. The highest BCUT2D eigenvalue weighted by molar-refractivity contribution is 7.80. The van der Waals surface area contributed by atoms with Crippen molar-refractivity contribution in [1.29, 1.82) is 0 Å². The molecule has 5 nitrogen and oxygen atoms in total.